The van der Waals surface area contributed by atoms with Crippen LogP contribution < -0.4 is 5.32 Å². The van der Waals surface area contributed by atoms with Crippen molar-refractivity contribution in [3.8, 4) is 16.3 Å². The van der Waals surface area contributed by atoms with Gasteiger partial charge < -0.3 is 10.4 Å². The Labute approximate surface area is 127 Å². The van der Waals surface area contributed by atoms with Gasteiger partial charge in [-0.1, -0.05) is 12.1 Å². The van der Waals surface area contributed by atoms with Gasteiger partial charge in [-0.25, -0.2) is 4.98 Å². The van der Waals surface area contributed by atoms with Crippen LogP contribution in [-0.4, -0.2) is 10.1 Å². The van der Waals surface area contributed by atoms with Gasteiger partial charge in [0, 0.05) is 28.9 Å². The topological polar surface area (TPSA) is 45.2 Å². The number of nitrogens with one attached hydrogen (secondary N) is 1. The third-order valence-electron chi connectivity index (χ3n) is 3.32. The predicted octanol–water partition coefficient (Wildman–Crippen LogP) is 4.69. The third kappa shape index (κ3) is 3.23. The molecule has 1 unspecified atom stereocenters. The zero-order chi connectivity index (χ0) is 14.7. The Morgan fingerprint density at radius 1 is 1.14 bits per heavy atom. The fourth-order valence-electron chi connectivity index (χ4n) is 2.20. The summed E-state index contributed by atoms with van der Waals surface area (Å²) in [5.74, 6) is 0.292. The minimum absolute atomic E-state index is 0.128. The molecule has 0 aliphatic heterocycles. The van der Waals surface area contributed by atoms with E-state index in [0.717, 1.165) is 21.8 Å². The average Bonchev–Trinajstić information content (AvgIpc) is 3.02. The molecule has 3 aromatic rings. The van der Waals surface area contributed by atoms with E-state index >= 15 is 0 Å². The van der Waals surface area contributed by atoms with Gasteiger partial charge in [0.15, 0.2) is 0 Å². The molecule has 106 valence electrons. The van der Waals surface area contributed by atoms with Gasteiger partial charge in [0.25, 0.3) is 0 Å². The molecule has 3 nitrogen and oxygen atoms in total. The van der Waals surface area contributed by atoms with Crippen LogP contribution in [-0.2, 0) is 0 Å². The molecule has 0 amide bonds. The lowest BCUT2D eigenvalue weighted by Crippen LogP contribution is -2.06. The van der Waals surface area contributed by atoms with Crippen LogP contribution in [0.4, 0.5) is 5.69 Å². The van der Waals surface area contributed by atoms with E-state index in [0.29, 0.717) is 5.75 Å². The van der Waals surface area contributed by atoms with Crippen LogP contribution in [0.2, 0.25) is 0 Å². The van der Waals surface area contributed by atoms with Crippen molar-refractivity contribution in [2.24, 2.45) is 0 Å². The quantitative estimate of drug-likeness (QED) is 0.734. The normalized spacial score (nSPS) is 12.0. The molecule has 0 radical (unpaired) electrons. The molecule has 1 aromatic heterocycles. The Kier molecular flexibility index (Phi) is 3.88. The van der Waals surface area contributed by atoms with Crippen LogP contribution in [0, 0.1) is 0 Å². The first-order chi connectivity index (χ1) is 10.2. The Morgan fingerprint density at radius 2 is 1.95 bits per heavy atom. The molecule has 2 aromatic carbocycles. The number of nitrogens with zero attached hydrogens (tertiary/aromatic N) is 1. The van der Waals surface area contributed by atoms with Crippen molar-refractivity contribution in [2.75, 3.05) is 5.32 Å². The number of phenolic OH excluding ortho intramolecular Hbond substituents is 1. The molecule has 0 fully saturated rings. The summed E-state index contributed by atoms with van der Waals surface area (Å²) in [6.07, 6.45) is 1.82. The first-order valence-electron chi connectivity index (χ1n) is 6.78. The lowest BCUT2D eigenvalue weighted by Gasteiger charge is -2.16. The molecule has 4 heteroatoms. The van der Waals surface area contributed by atoms with E-state index in [2.05, 4.69) is 41.5 Å². The molecule has 2 N–H and O–H groups in total. The lowest BCUT2D eigenvalue weighted by molar-refractivity contribution is 0.474. The Bertz CT molecular complexity index is 708. The predicted molar refractivity (Wildman–Crippen MR) is 87.7 cm³/mol. The summed E-state index contributed by atoms with van der Waals surface area (Å²) >= 11 is 1.63. The maximum Gasteiger partial charge on any atom is 0.123 e. The number of benzene rings is 2. The first-order valence-corrected chi connectivity index (χ1v) is 7.66. The number of anilines is 1. The summed E-state index contributed by atoms with van der Waals surface area (Å²) in [6.45, 7) is 2.07. The van der Waals surface area contributed by atoms with E-state index in [4.69, 9.17) is 0 Å². The number of hydrogen-bond acceptors (Lipinski definition) is 4. The fourth-order valence-corrected chi connectivity index (χ4v) is 2.85. The minimum atomic E-state index is 0.128. The van der Waals surface area contributed by atoms with Gasteiger partial charge in [-0.05, 0) is 48.9 Å². The second-order valence-electron chi connectivity index (χ2n) is 4.88. The highest BCUT2D eigenvalue weighted by molar-refractivity contribution is 7.13. The van der Waals surface area contributed by atoms with Gasteiger partial charge in [0.2, 0.25) is 0 Å². The van der Waals surface area contributed by atoms with Gasteiger partial charge >= 0.3 is 0 Å². The zero-order valence-corrected chi connectivity index (χ0v) is 12.5. The zero-order valence-electron chi connectivity index (χ0n) is 11.7. The molecule has 21 heavy (non-hydrogen) atoms. The van der Waals surface area contributed by atoms with Crippen LogP contribution in [0.1, 0.15) is 18.5 Å². The molecule has 0 aliphatic carbocycles. The number of rotatable bonds is 4. The maximum atomic E-state index is 9.54. The molecule has 0 saturated carbocycles. The van der Waals surface area contributed by atoms with Gasteiger partial charge in [-0.15, -0.1) is 11.3 Å². The lowest BCUT2D eigenvalue weighted by atomic mass is 10.1. The smallest absolute Gasteiger partial charge is 0.123 e. The Morgan fingerprint density at radius 3 is 2.62 bits per heavy atom. The maximum absolute atomic E-state index is 9.54. The number of phenols is 1. The Hall–Kier alpha value is -2.33. The average molecular weight is 296 g/mol. The molecule has 1 atom stereocenters. The van der Waals surface area contributed by atoms with Crippen molar-refractivity contribution >= 4 is 17.0 Å². The monoisotopic (exact) mass is 296 g/mol. The molecule has 0 aliphatic rings. The highest BCUT2D eigenvalue weighted by atomic mass is 32.1. The standard InChI is InChI=1S/C17H16N2OS/c1-12(14-3-2-4-16(20)11-14)19-15-7-5-13(6-8-15)17-18-9-10-21-17/h2-12,19-20H,1H3. The van der Waals surface area contributed by atoms with Crippen molar-refractivity contribution in [3.05, 3.63) is 65.7 Å². The largest absolute Gasteiger partial charge is 0.508 e. The summed E-state index contributed by atoms with van der Waals surface area (Å²) in [4.78, 5) is 4.30. The summed E-state index contributed by atoms with van der Waals surface area (Å²) in [5, 5.41) is 16.0. The SMILES string of the molecule is CC(Nc1ccc(-c2nccs2)cc1)c1cccc(O)c1. The summed E-state index contributed by atoms with van der Waals surface area (Å²) < 4.78 is 0. The van der Waals surface area contributed by atoms with Crippen LogP contribution >= 0.6 is 11.3 Å². The highest BCUT2D eigenvalue weighted by Crippen LogP contribution is 2.26. The minimum Gasteiger partial charge on any atom is -0.508 e. The summed E-state index contributed by atoms with van der Waals surface area (Å²) in [7, 11) is 0. The van der Waals surface area contributed by atoms with Crippen LogP contribution in [0.5, 0.6) is 5.75 Å². The molecule has 1 heterocycles. The molecular formula is C17H16N2OS. The second kappa shape index (κ2) is 5.97. The molecular weight excluding hydrogens is 280 g/mol. The van der Waals surface area contributed by atoms with E-state index in [1.807, 2.05) is 23.7 Å². The molecule has 3 rings (SSSR count). The van der Waals surface area contributed by atoms with Crippen molar-refractivity contribution < 1.29 is 5.11 Å². The number of hydrogen-bond donors (Lipinski definition) is 2. The number of aromatic hydroxyl groups is 1. The Balaban J connectivity index is 1.73. The fraction of sp³-hybridized carbons (Fsp3) is 0.118. The second-order valence-corrected chi connectivity index (χ2v) is 5.77. The van der Waals surface area contributed by atoms with Crippen LogP contribution in [0.3, 0.4) is 0 Å². The van der Waals surface area contributed by atoms with E-state index in [1.165, 1.54) is 0 Å². The third-order valence-corrected chi connectivity index (χ3v) is 4.14. The van der Waals surface area contributed by atoms with E-state index in [1.54, 1.807) is 23.5 Å². The van der Waals surface area contributed by atoms with Gasteiger partial charge in [-0.2, -0.15) is 0 Å². The number of thiazole rings is 1. The van der Waals surface area contributed by atoms with Gasteiger partial charge in [0.05, 0.1) is 0 Å². The summed E-state index contributed by atoms with van der Waals surface area (Å²) in [6, 6.07) is 15.7. The van der Waals surface area contributed by atoms with Crippen molar-refractivity contribution in [1.29, 1.82) is 0 Å². The van der Waals surface area contributed by atoms with Gasteiger partial charge in [-0.3, -0.25) is 0 Å². The van der Waals surface area contributed by atoms with E-state index < -0.39 is 0 Å². The molecule has 0 saturated heterocycles. The summed E-state index contributed by atoms with van der Waals surface area (Å²) in [5.41, 5.74) is 3.23. The van der Waals surface area contributed by atoms with Crippen molar-refractivity contribution in [2.45, 2.75) is 13.0 Å². The molecule has 0 bridgehead atoms. The van der Waals surface area contributed by atoms with Crippen molar-refractivity contribution in [1.82, 2.24) is 4.98 Å². The van der Waals surface area contributed by atoms with E-state index in [9.17, 15) is 5.11 Å². The first kappa shape index (κ1) is 13.6. The number of aromatic nitrogens is 1. The van der Waals surface area contributed by atoms with Crippen LogP contribution in [0.25, 0.3) is 10.6 Å². The van der Waals surface area contributed by atoms with E-state index in [-0.39, 0.29) is 6.04 Å². The van der Waals surface area contributed by atoms with Crippen molar-refractivity contribution in [3.63, 3.8) is 0 Å². The van der Waals surface area contributed by atoms with Crippen LogP contribution in [0.15, 0.2) is 60.1 Å². The van der Waals surface area contributed by atoms with Gasteiger partial charge in [0.1, 0.15) is 10.8 Å². The molecule has 0 spiro atoms. The highest BCUT2D eigenvalue weighted by Gasteiger charge is 2.06.